The predicted octanol–water partition coefficient (Wildman–Crippen LogP) is 18.0. The quantitative estimate of drug-likeness (QED) is 0.141. The molecule has 0 heterocycles. The Hall–Kier alpha value is -8.32. The molecule has 0 heteroatoms. The van der Waals surface area contributed by atoms with E-state index in [2.05, 4.69) is 255 Å². The third-order valence-electron chi connectivity index (χ3n) is 13.1. The molecule has 0 N–H and O–H groups in total. The van der Waals surface area contributed by atoms with E-state index in [0.29, 0.717) is 0 Å². The van der Waals surface area contributed by atoms with Gasteiger partial charge >= 0.3 is 0 Å². The Morgan fingerprint density at radius 1 is 0.125 bits per heavy atom. The first-order valence-corrected chi connectivity index (χ1v) is 22.2. The molecular formula is C64H42. The first-order chi connectivity index (χ1) is 31.8. The first-order valence-electron chi connectivity index (χ1n) is 22.2. The molecule has 0 fully saturated rings. The van der Waals surface area contributed by atoms with E-state index in [4.69, 9.17) is 0 Å². The van der Waals surface area contributed by atoms with Crippen LogP contribution in [0.1, 0.15) is 0 Å². The molecule has 0 aliphatic rings. The molecule has 12 aromatic rings. The normalized spacial score (nSPS) is 11.4. The van der Waals surface area contributed by atoms with Crippen molar-refractivity contribution in [2.45, 2.75) is 0 Å². The van der Waals surface area contributed by atoms with Crippen LogP contribution in [0, 0.1) is 0 Å². The fourth-order valence-electron chi connectivity index (χ4n) is 10.4. The van der Waals surface area contributed by atoms with Gasteiger partial charge in [0.1, 0.15) is 0 Å². The maximum absolute atomic E-state index is 2.35. The molecule has 0 saturated carbocycles. The Morgan fingerprint density at radius 3 is 0.500 bits per heavy atom. The van der Waals surface area contributed by atoms with E-state index in [1.807, 2.05) is 0 Å². The fourth-order valence-corrected chi connectivity index (χ4v) is 10.4. The minimum absolute atomic E-state index is 1.20. The molecule has 12 rings (SSSR count). The van der Waals surface area contributed by atoms with Gasteiger partial charge in [-0.1, -0.05) is 255 Å². The summed E-state index contributed by atoms with van der Waals surface area (Å²) in [6.45, 7) is 0. The van der Waals surface area contributed by atoms with E-state index in [1.54, 1.807) is 0 Å². The number of rotatable bonds is 7. The van der Waals surface area contributed by atoms with E-state index in [1.165, 1.54) is 121 Å². The smallest absolute Gasteiger partial charge is 0.00139 e. The second-order valence-corrected chi connectivity index (χ2v) is 16.6. The Labute approximate surface area is 374 Å². The Balaban J connectivity index is 1.23. The van der Waals surface area contributed by atoms with Gasteiger partial charge in [-0.2, -0.15) is 0 Å². The molecule has 0 aliphatic carbocycles. The molecule has 0 bridgehead atoms. The second-order valence-electron chi connectivity index (χ2n) is 16.6. The lowest BCUT2D eigenvalue weighted by Gasteiger charge is -2.25. The van der Waals surface area contributed by atoms with E-state index < -0.39 is 0 Å². The zero-order valence-electron chi connectivity index (χ0n) is 35.2. The highest BCUT2D eigenvalue weighted by Gasteiger charge is 2.26. The van der Waals surface area contributed by atoms with Crippen LogP contribution in [-0.4, -0.2) is 0 Å². The third-order valence-corrected chi connectivity index (χ3v) is 13.1. The number of benzene rings is 12. The molecule has 0 saturated heterocycles. The van der Waals surface area contributed by atoms with Crippen molar-refractivity contribution in [2.24, 2.45) is 0 Å². The zero-order chi connectivity index (χ0) is 42.4. The van der Waals surface area contributed by atoms with Crippen molar-refractivity contribution < 1.29 is 0 Å². The molecule has 0 atom stereocenters. The Morgan fingerprint density at radius 2 is 0.297 bits per heavy atom. The summed E-state index contributed by atoms with van der Waals surface area (Å²) < 4.78 is 0. The van der Waals surface area contributed by atoms with Crippen LogP contribution in [0.15, 0.2) is 255 Å². The number of hydrogen-bond acceptors (Lipinski definition) is 0. The highest BCUT2D eigenvalue weighted by atomic mass is 14.3. The van der Waals surface area contributed by atoms with E-state index in [9.17, 15) is 0 Å². The monoisotopic (exact) mass is 810 g/mol. The molecule has 0 nitrogen and oxygen atoms in total. The topological polar surface area (TPSA) is 0 Å². The summed E-state index contributed by atoms with van der Waals surface area (Å²) >= 11 is 0. The summed E-state index contributed by atoms with van der Waals surface area (Å²) in [6.07, 6.45) is 0. The van der Waals surface area contributed by atoms with Gasteiger partial charge in [0.15, 0.2) is 0 Å². The van der Waals surface area contributed by atoms with Gasteiger partial charge in [-0.25, -0.2) is 0 Å². The number of fused-ring (bicyclic) bond motifs is 4. The Bertz CT molecular complexity index is 3200. The molecule has 0 radical (unpaired) electrons. The molecule has 0 spiro atoms. The van der Waals surface area contributed by atoms with Crippen molar-refractivity contribution in [2.75, 3.05) is 0 Å². The molecule has 0 unspecified atom stereocenters. The maximum Gasteiger partial charge on any atom is -0.00139 e. The molecule has 12 aromatic carbocycles. The summed E-state index contributed by atoms with van der Waals surface area (Å²) in [5.41, 5.74) is 17.2. The van der Waals surface area contributed by atoms with Gasteiger partial charge < -0.3 is 0 Å². The largest absolute Gasteiger partial charge is 0.0622 e. The highest BCUT2D eigenvalue weighted by molar-refractivity contribution is 6.31. The van der Waals surface area contributed by atoms with E-state index in [-0.39, 0.29) is 0 Å². The van der Waals surface area contributed by atoms with Crippen LogP contribution >= 0.6 is 0 Å². The Kier molecular flexibility index (Phi) is 9.28. The summed E-state index contributed by atoms with van der Waals surface area (Å²) in [6, 6.07) is 93.6. The van der Waals surface area contributed by atoms with Gasteiger partial charge in [0.05, 0.1) is 0 Å². The maximum atomic E-state index is 2.35. The van der Waals surface area contributed by atoms with Crippen LogP contribution in [0.25, 0.3) is 121 Å². The van der Waals surface area contributed by atoms with Crippen molar-refractivity contribution in [3.05, 3.63) is 255 Å². The van der Waals surface area contributed by atoms with Gasteiger partial charge in [0.25, 0.3) is 0 Å². The molecule has 0 amide bonds. The van der Waals surface area contributed by atoms with Gasteiger partial charge in [-0.15, -0.1) is 0 Å². The molecule has 298 valence electrons. The molecule has 64 heavy (non-hydrogen) atoms. The first kappa shape index (κ1) is 37.4. The van der Waals surface area contributed by atoms with E-state index in [0.717, 1.165) is 0 Å². The second kappa shape index (κ2) is 15.9. The van der Waals surface area contributed by atoms with Crippen LogP contribution in [0.2, 0.25) is 0 Å². The van der Waals surface area contributed by atoms with E-state index >= 15 is 0 Å². The molecule has 0 aliphatic heterocycles. The zero-order valence-corrected chi connectivity index (χ0v) is 35.2. The van der Waals surface area contributed by atoms with Crippen molar-refractivity contribution in [3.63, 3.8) is 0 Å². The third kappa shape index (κ3) is 6.15. The average molecular weight is 811 g/mol. The van der Waals surface area contributed by atoms with Gasteiger partial charge in [-0.3, -0.25) is 0 Å². The summed E-state index contributed by atoms with van der Waals surface area (Å²) in [5.74, 6) is 0. The SMILES string of the molecule is c1ccc(-c2cccc(-c3ccccc3)c2-c2c3ccccc3c(-c3c4ccccc4c(-c4c(-c5ccccc5)cccc4-c4ccccc4)c4ccccc34)c3ccccc23)cc1. The van der Waals surface area contributed by atoms with Crippen LogP contribution in [0.5, 0.6) is 0 Å². The van der Waals surface area contributed by atoms with Crippen molar-refractivity contribution >= 4 is 43.1 Å². The summed E-state index contributed by atoms with van der Waals surface area (Å²) in [4.78, 5) is 0. The highest BCUT2D eigenvalue weighted by Crippen LogP contribution is 2.54. The molecule has 0 aromatic heterocycles. The van der Waals surface area contributed by atoms with Gasteiger partial charge in [0.2, 0.25) is 0 Å². The van der Waals surface area contributed by atoms with Crippen LogP contribution in [0.3, 0.4) is 0 Å². The summed E-state index contributed by atoms with van der Waals surface area (Å²) in [5, 5.41) is 9.85. The van der Waals surface area contributed by atoms with Crippen LogP contribution in [-0.2, 0) is 0 Å². The van der Waals surface area contributed by atoms with Crippen LogP contribution in [0.4, 0.5) is 0 Å². The van der Waals surface area contributed by atoms with Gasteiger partial charge in [0, 0.05) is 0 Å². The average Bonchev–Trinajstić information content (AvgIpc) is 3.38. The predicted molar refractivity (Wildman–Crippen MR) is 275 cm³/mol. The number of hydrogen-bond donors (Lipinski definition) is 0. The minimum atomic E-state index is 1.20. The lowest BCUT2D eigenvalue weighted by Crippen LogP contribution is -1.97. The van der Waals surface area contributed by atoms with Gasteiger partial charge in [-0.05, 0) is 121 Å². The van der Waals surface area contributed by atoms with Crippen molar-refractivity contribution in [3.8, 4) is 77.9 Å². The van der Waals surface area contributed by atoms with Crippen LogP contribution < -0.4 is 0 Å². The summed E-state index contributed by atoms with van der Waals surface area (Å²) in [7, 11) is 0. The fraction of sp³-hybridized carbons (Fsp3) is 0. The standard InChI is InChI=1S/C64H42/c1-5-23-43(24-6-1)47-39-21-40-48(44-25-7-2-8-26-44)59(47)61-51-31-13-17-35-55(51)63(56-36-18-14-32-52(56)61)64-57-37-19-15-33-53(57)62(54-34-16-20-38-58(54)64)60-49(45-27-9-3-10-28-45)41-22-42-50(60)46-29-11-4-12-30-46/h1-42H. The molecular weight excluding hydrogens is 769 g/mol. The lowest BCUT2D eigenvalue weighted by atomic mass is 9.78. The van der Waals surface area contributed by atoms with Crippen molar-refractivity contribution in [1.82, 2.24) is 0 Å². The lowest BCUT2D eigenvalue weighted by molar-refractivity contribution is 1.58. The minimum Gasteiger partial charge on any atom is -0.0622 e. The van der Waals surface area contributed by atoms with Crippen molar-refractivity contribution in [1.29, 1.82) is 0 Å².